The molecule has 2 aromatic rings. The van der Waals surface area contributed by atoms with Gasteiger partial charge < -0.3 is 4.74 Å². The van der Waals surface area contributed by atoms with E-state index in [1.165, 1.54) is 16.8 Å². The lowest BCUT2D eigenvalue weighted by atomic mass is 10.1. The zero-order chi connectivity index (χ0) is 17.8. The predicted octanol–water partition coefficient (Wildman–Crippen LogP) is 4.36. The Morgan fingerprint density at radius 1 is 1.20 bits per heavy atom. The largest absolute Gasteiger partial charge is 0.497 e. The number of benzene rings is 2. The van der Waals surface area contributed by atoms with Crippen LogP contribution >= 0.6 is 39.9 Å². The predicted molar refractivity (Wildman–Crippen MR) is 109 cm³/mol. The number of methoxy groups -OCH3 is 1. The molecule has 1 N–H and O–H groups in total. The maximum absolute atomic E-state index is 12.8. The molecule has 0 bridgehead atoms. The molecule has 0 radical (unpaired) electrons. The number of hydrogen-bond donors (Lipinski definition) is 1. The minimum atomic E-state index is -0.0768. The molecule has 0 unspecified atom stereocenters. The van der Waals surface area contributed by atoms with Gasteiger partial charge in [0, 0.05) is 15.4 Å². The first-order valence-corrected chi connectivity index (χ1v) is 9.54. The molecule has 0 aliphatic carbocycles. The molecule has 1 amide bonds. The summed E-state index contributed by atoms with van der Waals surface area (Å²) in [4.78, 5) is 12.8. The lowest BCUT2D eigenvalue weighted by Crippen LogP contribution is -2.45. The van der Waals surface area contributed by atoms with Gasteiger partial charge in [-0.1, -0.05) is 52.0 Å². The Bertz CT molecular complexity index is 820. The van der Waals surface area contributed by atoms with E-state index in [9.17, 15) is 4.79 Å². The van der Waals surface area contributed by atoms with E-state index in [-0.39, 0.29) is 12.3 Å². The number of carbonyl (C=O) groups is 1. The van der Waals surface area contributed by atoms with Gasteiger partial charge in [0.05, 0.1) is 19.2 Å². The average molecular weight is 435 g/mol. The fourth-order valence-electron chi connectivity index (χ4n) is 2.35. The molecule has 0 saturated heterocycles. The van der Waals surface area contributed by atoms with E-state index in [0.717, 1.165) is 27.0 Å². The zero-order valence-electron chi connectivity index (χ0n) is 13.4. The lowest BCUT2D eigenvalue weighted by molar-refractivity contribution is -0.128. The molecule has 128 valence electrons. The van der Waals surface area contributed by atoms with Gasteiger partial charge in [-0.2, -0.15) is 0 Å². The summed E-state index contributed by atoms with van der Waals surface area (Å²) in [6.45, 7) is 0. The van der Waals surface area contributed by atoms with Crippen LogP contribution in [0.1, 0.15) is 11.1 Å². The molecule has 0 fully saturated rings. The van der Waals surface area contributed by atoms with E-state index < -0.39 is 0 Å². The van der Waals surface area contributed by atoms with Crippen molar-refractivity contribution in [3.8, 4) is 5.75 Å². The molecule has 0 aromatic heterocycles. The van der Waals surface area contributed by atoms with Crippen molar-refractivity contribution in [2.24, 2.45) is 0 Å². The summed E-state index contributed by atoms with van der Waals surface area (Å²) < 4.78 is 6.72. The first-order chi connectivity index (χ1) is 12.1. The van der Waals surface area contributed by atoms with Crippen LogP contribution in [-0.4, -0.2) is 22.3 Å². The third-order valence-electron chi connectivity index (χ3n) is 3.63. The molecule has 0 atom stereocenters. The maximum atomic E-state index is 12.8. The molecule has 1 aliphatic rings. The quantitative estimate of drug-likeness (QED) is 0.723. The summed E-state index contributed by atoms with van der Waals surface area (Å²) in [7, 11) is 1.62. The number of amides is 1. The number of thioether (sulfide) groups is 1. The number of hydrazine groups is 1. The van der Waals surface area contributed by atoms with Crippen molar-refractivity contribution in [1.29, 1.82) is 0 Å². The third kappa shape index (κ3) is 4.42. The van der Waals surface area contributed by atoms with Crippen LogP contribution in [0.2, 0.25) is 0 Å². The second-order valence-corrected chi connectivity index (χ2v) is 7.74. The number of carbonyl (C=O) groups excluding carboxylic acids is 1. The standard InChI is InChI=1S/C18H15BrN2O2S2/c1-23-15-8-4-13(5-9-15)16-11-25-18(24)20-21(16)17(22)10-12-2-6-14(19)7-3-12/h2-9,11H,10H2,1H3,(H,20,24). The Morgan fingerprint density at radius 3 is 2.52 bits per heavy atom. The van der Waals surface area contributed by atoms with Crippen LogP contribution in [-0.2, 0) is 11.2 Å². The fraction of sp³-hybridized carbons (Fsp3) is 0.111. The van der Waals surface area contributed by atoms with Crippen molar-refractivity contribution < 1.29 is 9.53 Å². The van der Waals surface area contributed by atoms with Gasteiger partial charge in [0.2, 0.25) is 5.91 Å². The lowest BCUT2D eigenvalue weighted by Gasteiger charge is -2.30. The summed E-state index contributed by atoms with van der Waals surface area (Å²) >= 11 is 10.0. The average Bonchev–Trinajstić information content (AvgIpc) is 2.63. The highest BCUT2D eigenvalue weighted by Gasteiger charge is 2.24. The number of thiocarbonyl (C=S) groups is 1. The van der Waals surface area contributed by atoms with Crippen LogP contribution in [0, 0.1) is 0 Å². The Labute approximate surface area is 164 Å². The smallest absolute Gasteiger partial charge is 0.250 e. The van der Waals surface area contributed by atoms with E-state index in [1.807, 2.05) is 53.9 Å². The number of nitrogens with one attached hydrogen (secondary N) is 1. The second-order valence-electron chi connectivity index (χ2n) is 5.28. The molecule has 7 heteroatoms. The number of ether oxygens (including phenoxy) is 1. The van der Waals surface area contributed by atoms with E-state index in [0.29, 0.717) is 4.32 Å². The number of nitrogens with zero attached hydrogens (tertiary/aromatic N) is 1. The molecule has 0 spiro atoms. The highest BCUT2D eigenvalue weighted by atomic mass is 79.9. The van der Waals surface area contributed by atoms with E-state index in [2.05, 4.69) is 21.4 Å². The first kappa shape index (κ1) is 18.0. The number of halogens is 1. The van der Waals surface area contributed by atoms with Gasteiger partial charge in [-0.15, -0.1) is 0 Å². The molecule has 25 heavy (non-hydrogen) atoms. The molecule has 4 nitrogen and oxygen atoms in total. The Hall–Kier alpha value is -1.83. The zero-order valence-corrected chi connectivity index (χ0v) is 16.6. The topological polar surface area (TPSA) is 41.6 Å². The number of rotatable bonds is 4. The van der Waals surface area contributed by atoms with Crippen molar-refractivity contribution in [3.63, 3.8) is 0 Å². The van der Waals surface area contributed by atoms with Gasteiger partial charge in [0.1, 0.15) is 5.75 Å². The van der Waals surface area contributed by atoms with E-state index >= 15 is 0 Å². The van der Waals surface area contributed by atoms with Gasteiger partial charge in [-0.25, -0.2) is 5.01 Å². The Balaban J connectivity index is 1.84. The van der Waals surface area contributed by atoms with Gasteiger partial charge in [0.25, 0.3) is 0 Å². The SMILES string of the molecule is COc1ccc(C2=CSC(=S)NN2C(=O)Cc2ccc(Br)cc2)cc1. The molecular weight excluding hydrogens is 420 g/mol. The Morgan fingerprint density at radius 2 is 1.88 bits per heavy atom. The van der Waals surface area contributed by atoms with Crippen LogP contribution in [0.4, 0.5) is 0 Å². The fourth-order valence-corrected chi connectivity index (χ4v) is 3.46. The van der Waals surface area contributed by atoms with Crippen molar-refractivity contribution in [2.45, 2.75) is 6.42 Å². The molecule has 2 aromatic carbocycles. The van der Waals surface area contributed by atoms with Gasteiger partial charge in [0.15, 0.2) is 4.32 Å². The van der Waals surface area contributed by atoms with Crippen molar-refractivity contribution in [1.82, 2.24) is 10.4 Å². The van der Waals surface area contributed by atoms with E-state index in [1.54, 1.807) is 7.11 Å². The molecule has 1 heterocycles. The van der Waals surface area contributed by atoms with Crippen molar-refractivity contribution in [2.75, 3.05) is 7.11 Å². The van der Waals surface area contributed by atoms with Crippen molar-refractivity contribution in [3.05, 3.63) is 69.5 Å². The summed E-state index contributed by atoms with van der Waals surface area (Å²) in [6.07, 6.45) is 0.279. The molecule has 1 aliphatic heterocycles. The van der Waals surface area contributed by atoms with Crippen LogP contribution in [0.15, 0.2) is 58.4 Å². The van der Waals surface area contributed by atoms with Crippen molar-refractivity contribution >= 4 is 55.8 Å². The van der Waals surface area contributed by atoms with Gasteiger partial charge in [-0.05, 0) is 42.0 Å². The minimum absolute atomic E-state index is 0.0768. The maximum Gasteiger partial charge on any atom is 0.250 e. The van der Waals surface area contributed by atoms with E-state index in [4.69, 9.17) is 17.0 Å². The normalized spacial score (nSPS) is 13.9. The minimum Gasteiger partial charge on any atom is -0.497 e. The second kappa shape index (κ2) is 8.03. The summed E-state index contributed by atoms with van der Waals surface area (Å²) in [6, 6.07) is 15.3. The monoisotopic (exact) mass is 434 g/mol. The van der Waals surface area contributed by atoms with Crippen LogP contribution < -0.4 is 10.2 Å². The number of hydrogen-bond acceptors (Lipinski definition) is 4. The summed E-state index contributed by atoms with van der Waals surface area (Å²) in [5.74, 6) is 0.691. The first-order valence-electron chi connectivity index (χ1n) is 7.46. The summed E-state index contributed by atoms with van der Waals surface area (Å²) in [5.41, 5.74) is 5.61. The van der Waals surface area contributed by atoms with Gasteiger partial charge >= 0.3 is 0 Å². The molecular formula is C18H15BrN2O2S2. The third-order valence-corrected chi connectivity index (χ3v) is 5.18. The Kier molecular flexibility index (Phi) is 5.78. The summed E-state index contributed by atoms with van der Waals surface area (Å²) in [5, 5.41) is 3.41. The molecule has 0 saturated carbocycles. The highest BCUT2D eigenvalue weighted by molar-refractivity contribution is 9.10. The highest BCUT2D eigenvalue weighted by Crippen LogP contribution is 2.28. The molecule has 3 rings (SSSR count). The van der Waals surface area contributed by atoms with Crippen LogP contribution in [0.5, 0.6) is 5.75 Å². The van der Waals surface area contributed by atoms with Gasteiger partial charge in [-0.3, -0.25) is 10.2 Å². The van der Waals surface area contributed by atoms with Crippen LogP contribution in [0.25, 0.3) is 5.70 Å². The van der Waals surface area contributed by atoms with Crippen LogP contribution in [0.3, 0.4) is 0 Å².